The van der Waals surface area contributed by atoms with Crippen molar-refractivity contribution in [1.29, 1.82) is 0 Å². The third-order valence-electron chi connectivity index (χ3n) is 3.91. The van der Waals surface area contributed by atoms with Crippen molar-refractivity contribution in [2.24, 2.45) is 5.92 Å². The zero-order valence-electron chi connectivity index (χ0n) is 10.9. The number of hydrogen-bond donors (Lipinski definition) is 1. The predicted molar refractivity (Wildman–Crippen MR) is 72.6 cm³/mol. The minimum absolute atomic E-state index is 0.752. The lowest BCUT2D eigenvalue weighted by atomic mass is 9.94. The van der Waals surface area contributed by atoms with Gasteiger partial charge in [0.2, 0.25) is 0 Å². The first kappa shape index (κ1) is 11.1. The average Bonchev–Trinajstić information content (AvgIpc) is 2.60. The Morgan fingerprint density at radius 3 is 3.00 bits per heavy atom. The Morgan fingerprint density at radius 1 is 1.29 bits per heavy atom. The van der Waals surface area contributed by atoms with Crippen LogP contribution in [0.5, 0.6) is 0 Å². The summed E-state index contributed by atoms with van der Waals surface area (Å²) < 4.78 is 0. The van der Waals surface area contributed by atoms with Crippen LogP contribution < -0.4 is 10.2 Å². The zero-order chi connectivity index (χ0) is 11.8. The van der Waals surface area contributed by atoms with Crippen molar-refractivity contribution in [1.82, 2.24) is 5.32 Å². The second-order valence-corrected chi connectivity index (χ2v) is 5.72. The van der Waals surface area contributed by atoms with Crippen molar-refractivity contribution in [3.63, 3.8) is 0 Å². The van der Waals surface area contributed by atoms with Gasteiger partial charge in [-0.15, -0.1) is 0 Å². The van der Waals surface area contributed by atoms with Crippen LogP contribution in [0.25, 0.3) is 0 Å². The van der Waals surface area contributed by atoms with E-state index in [1.165, 1.54) is 31.5 Å². The highest BCUT2D eigenvalue weighted by Crippen LogP contribution is 2.36. The SMILES string of the molecule is CC(C)Cc1ccc2c3c1CCN3CCNC2. The molecule has 2 aliphatic heterocycles. The molecule has 2 heterocycles. The maximum atomic E-state index is 3.51. The van der Waals surface area contributed by atoms with Crippen LogP contribution in [0.15, 0.2) is 12.1 Å². The number of nitrogens with zero attached hydrogens (tertiary/aromatic N) is 1. The second kappa shape index (κ2) is 4.34. The number of nitrogens with one attached hydrogen (secondary N) is 1. The van der Waals surface area contributed by atoms with Crippen molar-refractivity contribution < 1.29 is 0 Å². The summed E-state index contributed by atoms with van der Waals surface area (Å²) in [5, 5.41) is 3.51. The summed E-state index contributed by atoms with van der Waals surface area (Å²) in [6, 6.07) is 4.71. The first-order valence-corrected chi connectivity index (χ1v) is 6.85. The smallest absolute Gasteiger partial charge is 0.0448 e. The fourth-order valence-electron chi connectivity index (χ4n) is 3.19. The van der Waals surface area contributed by atoms with Gasteiger partial charge >= 0.3 is 0 Å². The van der Waals surface area contributed by atoms with E-state index in [0.29, 0.717) is 0 Å². The fraction of sp³-hybridized carbons (Fsp3) is 0.600. The largest absolute Gasteiger partial charge is 0.369 e. The summed E-state index contributed by atoms with van der Waals surface area (Å²) in [6.45, 7) is 9.18. The predicted octanol–water partition coefficient (Wildman–Crippen LogP) is 2.35. The molecule has 3 rings (SSSR count). The molecule has 1 aromatic carbocycles. The first-order valence-electron chi connectivity index (χ1n) is 6.85. The molecule has 2 nitrogen and oxygen atoms in total. The third kappa shape index (κ3) is 1.95. The molecule has 0 amide bonds. The second-order valence-electron chi connectivity index (χ2n) is 5.72. The molecular formula is C15H22N2. The van der Waals surface area contributed by atoms with Crippen molar-refractivity contribution >= 4 is 5.69 Å². The van der Waals surface area contributed by atoms with Crippen LogP contribution >= 0.6 is 0 Å². The minimum Gasteiger partial charge on any atom is -0.369 e. The molecule has 0 saturated heterocycles. The average molecular weight is 230 g/mol. The zero-order valence-corrected chi connectivity index (χ0v) is 10.9. The van der Waals surface area contributed by atoms with Gasteiger partial charge in [-0.05, 0) is 35.4 Å². The molecule has 92 valence electrons. The molecule has 1 aromatic rings. The first-order chi connectivity index (χ1) is 8.25. The van der Waals surface area contributed by atoms with Crippen LogP contribution in [0.3, 0.4) is 0 Å². The molecule has 2 aliphatic rings. The molecule has 0 atom stereocenters. The summed E-state index contributed by atoms with van der Waals surface area (Å²) in [5.74, 6) is 0.752. The Hall–Kier alpha value is -1.02. The third-order valence-corrected chi connectivity index (χ3v) is 3.91. The van der Waals surface area contributed by atoms with Crippen LogP contribution in [0, 0.1) is 5.92 Å². The lowest BCUT2D eigenvalue weighted by Gasteiger charge is -2.19. The molecule has 0 aliphatic carbocycles. The lowest BCUT2D eigenvalue weighted by molar-refractivity contribution is 0.643. The van der Waals surface area contributed by atoms with E-state index < -0.39 is 0 Å². The van der Waals surface area contributed by atoms with Crippen molar-refractivity contribution in [3.05, 3.63) is 28.8 Å². The van der Waals surface area contributed by atoms with Crippen molar-refractivity contribution in [2.75, 3.05) is 24.5 Å². The normalized spacial score (nSPS) is 18.4. The quantitative estimate of drug-likeness (QED) is 0.839. The van der Waals surface area contributed by atoms with E-state index in [-0.39, 0.29) is 0 Å². The maximum absolute atomic E-state index is 3.51. The number of hydrogen-bond acceptors (Lipinski definition) is 2. The van der Waals surface area contributed by atoms with E-state index in [1.54, 1.807) is 16.8 Å². The number of benzene rings is 1. The highest BCUT2D eigenvalue weighted by molar-refractivity contribution is 5.66. The van der Waals surface area contributed by atoms with Gasteiger partial charge in [0.1, 0.15) is 0 Å². The number of rotatable bonds is 2. The van der Waals surface area contributed by atoms with Crippen LogP contribution in [0.2, 0.25) is 0 Å². The molecule has 0 bridgehead atoms. The number of anilines is 1. The van der Waals surface area contributed by atoms with Gasteiger partial charge in [0.05, 0.1) is 0 Å². The topological polar surface area (TPSA) is 15.3 Å². The molecule has 0 unspecified atom stereocenters. The van der Waals surface area contributed by atoms with Gasteiger partial charge in [-0.25, -0.2) is 0 Å². The Morgan fingerprint density at radius 2 is 2.18 bits per heavy atom. The molecule has 1 N–H and O–H groups in total. The summed E-state index contributed by atoms with van der Waals surface area (Å²) in [5.41, 5.74) is 6.29. The highest BCUT2D eigenvalue weighted by Gasteiger charge is 2.26. The molecule has 0 radical (unpaired) electrons. The Bertz CT molecular complexity index is 423. The Balaban J connectivity index is 2.04. The molecule has 17 heavy (non-hydrogen) atoms. The fourth-order valence-corrected chi connectivity index (χ4v) is 3.19. The molecule has 0 aromatic heterocycles. The van der Waals surface area contributed by atoms with E-state index in [1.807, 2.05) is 0 Å². The van der Waals surface area contributed by atoms with Crippen LogP contribution in [0.4, 0.5) is 5.69 Å². The summed E-state index contributed by atoms with van der Waals surface area (Å²) in [6.07, 6.45) is 2.48. The van der Waals surface area contributed by atoms with Gasteiger partial charge in [-0.1, -0.05) is 26.0 Å². The van der Waals surface area contributed by atoms with Crippen molar-refractivity contribution in [3.8, 4) is 0 Å². The van der Waals surface area contributed by atoms with Gasteiger partial charge < -0.3 is 10.2 Å². The molecular weight excluding hydrogens is 208 g/mol. The molecule has 2 heteroatoms. The Labute approximate surface area is 104 Å². The van der Waals surface area contributed by atoms with Crippen molar-refractivity contribution in [2.45, 2.75) is 33.2 Å². The summed E-state index contributed by atoms with van der Waals surface area (Å²) >= 11 is 0. The van der Waals surface area contributed by atoms with Crippen LogP contribution in [-0.4, -0.2) is 19.6 Å². The maximum Gasteiger partial charge on any atom is 0.0448 e. The molecule has 0 spiro atoms. The lowest BCUT2D eigenvalue weighted by Crippen LogP contribution is -2.27. The Kier molecular flexibility index (Phi) is 2.83. The van der Waals surface area contributed by atoms with Gasteiger partial charge in [0.15, 0.2) is 0 Å². The summed E-state index contributed by atoms with van der Waals surface area (Å²) in [4.78, 5) is 2.58. The van der Waals surface area contributed by atoms with Gasteiger partial charge in [-0.2, -0.15) is 0 Å². The molecule has 0 fully saturated rings. The van der Waals surface area contributed by atoms with E-state index in [2.05, 4.69) is 36.2 Å². The van der Waals surface area contributed by atoms with E-state index in [9.17, 15) is 0 Å². The van der Waals surface area contributed by atoms with Gasteiger partial charge in [0.25, 0.3) is 0 Å². The van der Waals surface area contributed by atoms with Crippen LogP contribution in [-0.2, 0) is 19.4 Å². The van der Waals surface area contributed by atoms with Gasteiger partial charge in [-0.3, -0.25) is 0 Å². The van der Waals surface area contributed by atoms with E-state index >= 15 is 0 Å². The highest BCUT2D eigenvalue weighted by atomic mass is 15.2. The monoisotopic (exact) mass is 230 g/mol. The minimum atomic E-state index is 0.752. The van der Waals surface area contributed by atoms with Crippen LogP contribution in [0.1, 0.15) is 30.5 Å². The standard InChI is InChI=1S/C15H22N2/c1-11(2)9-12-3-4-13-10-16-6-8-17-7-5-14(12)15(13)17/h3-4,11,16H,5-10H2,1-2H3. The van der Waals surface area contributed by atoms with E-state index in [4.69, 9.17) is 0 Å². The van der Waals surface area contributed by atoms with E-state index in [0.717, 1.165) is 19.0 Å². The summed E-state index contributed by atoms with van der Waals surface area (Å²) in [7, 11) is 0. The molecule has 0 saturated carbocycles. The van der Waals surface area contributed by atoms with Gasteiger partial charge in [0, 0.05) is 31.9 Å².